The standard InChI is InChI=1S/C31H58N.ClH/c1-3-5-7-9-11-13-14-15-16-17-18-20-22-25-29-32-30-26-24-28-31(32)27-23-21-19-12-10-8-6-4-2;/h24,26,28,30H,3-23,25,27,29H2,1-2H3;1H/q+1;/p-1. The van der Waals surface area contributed by atoms with E-state index in [2.05, 4.69) is 42.8 Å². The Morgan fingerprint density at radius 1 is 0.485 bits per heavy atom. The molecule has 0 aliphatic rings. The van der Waals surface area contributed by atoms with Crippen LogP contribution in [0.15, 0.2) is 24.4 Å². The summed E-state index contributed by atoms with van der Waals surface area (Å²) < 4.78 is 2.53. The highest BCUT2D eigenvalue weighted by atomic mass is 35.5. The molecule has 0 N–H and O–H groups in total. The van der Waals surface area contributed by atoms with Crippen LogP contribution in [0.1, 0.15) is 161 Å². The summed E-state index contributed by atoms with van der Waals surface area (Å²) >= 11 is 0. The van der Waals surface area contributed by atoms with Gasteiger partial charge in [0.1, 0.15) is 6.54 Å². The Hall–Kier alpha value is -0.560. The Bertz CT molecular complexity index is 501. The van der Waals surface area contributed by atoms with Crippen molar-refractivity contribution in [2.24, 2.45) is 0 Å². The van der Waals surface area contributed by atoms with Crippen LogP contribution in [-0.2, 0) is 13.0 Å². The van der Waals surface area contributed by atoms with Crippen molar-refractivity contribution in [2.75, 3.05) is 0 Å². The molecular weight excluding hydrogens is 422 g/mol. The number of nitrogens with zero attached hydrogens (tertiary/aromatic N) is 1. The van der Waals surface area contributed by atoms with E-state index in [0.29, 0.717) is 0 Å². The smallest absolute Gasteiger partial charge is 0.181 e. The lowest BCUT2D eigenvalue weighted by Gasteiger charge is -2.05. The zero-order valence-electron chi connectivity index (χ0n) is 22.6. The quantitative estimate of drug-likeness (QED) is 0.109. The molecule has 0 aromatic carbocycles. The van der Waals surface area contributed by atoms with Crippen LogP contribution in [0.5, 0.6) is 0 Å². The number of hydrogen-bond acceptors (Lipinski definition) is 0. The zero-order valence-corrected chi connectivity index (χ0v) is 23.4. The molecule has 1 nitrogen and oxygen atoms in total. The van der Waals surface area contributed by atoms with Crippen LogP contribution in [0, 0.1) is 0 Å². The van der Waals surface area contributed by atoms with Gasteiger partial charge in [0, 0.05) is 25.0 Å². The largest absolute Gasteiger partial charge is 1.00 e. The minimum Gasteiger partial charge on any atom is -1.00 e. The van der Waals surface area contributed by atoms with Gasteiger partial charge < -0.3 is 12.4 Å². The Morgan fingerprint density at radius 2 is 0.879 bits per heavy atom. The van der Waals surface area contributed by atoms with E-state index in [1.165, 1.54) is 154 Å². The van der Waals surface area contributed by atoms with Crippen LogP contribution in [-0.4, -0.2) is 0 Å². The summed E-state index contributed by atoms with van der Waals surface area (Å²) in [6.45, 7) is 5.81. The first-order valence-electron chi connectivity index (χ1n) is 14.9. The van der Waals surface area contributed by atoms with Gasteiger partial charge in [-0.05, 0) is 12.8 Å². The van der Waals surface area contributed by atoms with Gasteiger partial charge in [-0.2, -0.15) is 0 Å². The van der Waals surface area contributed by atoms with Crippen molar-refractivity contribution < 1.29 is 17.0 Å². The number of unbranched alkanes of at least 4 members (excludes halogenated alkanes) is 20. The van der Waals surface area contributed by atoms with Gasteiger partial charge in [0.25, 0.3) is 0 Å². The molecule has 0 saturated heterocycles. The zero-order chi connectivity index (χ0) is 23.0. The van der Waals surface area contributed by atoms with E-state index in [1.54, 1.807) is 5.69 Å². The lowest BCUT2D eigenvalue weighted by molar-refractivity contribution is -0.704. The fourth-order valence-electron chi connectivity index (χ4n) is 4.87. The highest BCUT2D eigenvalue weighted by molar-refractivity contribution is 4.97. The fraction of sp³-hybridized carbons (Fsp3) is 0.839. The van der Waals surface area contributed by atoms with Crippen LogP contribution in [0.25, 0.3) is 0 Å². The third-order valence-corrected chi connectivity index (χ3v) is 7.07. The molecular formula is C31H58ClN. The molecule has 1 aromatic rings. The Balaban J connectivity index is 0.0000102. The highest BCUT2D eigenvalue weighted by Gasteiger charge is 2.08. The minimum atomic E-state index is 0. The summed E-state index contributed by atoms with van der Waals surface area (Å²) in [4.78, 5) is 0. The van der Waals surface area contributed by atoms with E-state index in [1.807, 2.05) is 0 Å². The number of aromatic nitrogens is 1. The molecule has 0 amide bonds. The summed E-state index contributed by atoms with van der Waals surface area (Å²) in [6.07, 6.45) is 35.0. The second kappa shape index (κ2) is 26.1. The van der Waals surface area contributed by atoms with Crippen LogP contribution in [0.2, 0.25) is 0 Å². The van der Waals surface area contributed by atoms with Crippen molar-refractivity contribution in [3.05, 3.63) is 30.1 Å². The van der Waals surface area contributed by atoms with Gasteiger partial charge in [0.05, 0.1) is 0 Å². The Labute approximate surface area is 215 Å². The predicted octanol–water partition coefficient (Wildman–Crippen LogP) is 7.14. The Kier molecular flexibility index (Phi) is 25.6. The molecule has 0 radical (unpaired) electrons. The first-order chi connectivity index (χ1) is 15.9. The molecule has 0 bridgehead atoms. The second-order valence-corrected chi connectivity index (χ2v) is 10.2. The monoisotopic (exact) mass is 479 g/mol. The summed E-state index contributed by atoms with van der Waals surface area (Å²) in [7, 11) is 0. The maximum absolute atomic E-state index is 2.53. The molecule has 1 heterocycles. The summed E-state index contributed by atoms with van der Waals surface area (Å²) in [5.74, 6) is 0. The Morgan fingerprint density at radius 3 is 1.33 bits per heavy atom. The number of halogens is 1. The third kappa shape index (κ3) is 20.5. The van der Waals surface area contributed by atoms with E-state index >= 15 is 0 Å². The molecule has 0 aliphatic carbocycles. The number of aryl methyl sites for hydroxylation is 2. The number of hydrogen-bond donors (Lipinski definition) is 0. The van der Waals surface area contributed by atoms with Gasteiger partial charge in [0.2, 0.25) is 0 Å². The third-order valence-electron chi connectivity index (χ3n) is 7.07. The normalized spacial score (nSPS) is 11.0. The second-order valence-electron chi connectivity index (χ2n) is 10.2. The molecule has 0 spiro atoms. The van der Waals surface area contributed by atoms with Crippen LogP contribution in [0.3, 0.4) is 0 Å². The van der Waals surface area contributed by atoms with Gasteiger partial charge in [-0.1, -0.05) is 142 Å². The highest BCUT2D eigenvalue weighted by Crippen LogP contribution is 2.13. The van der Waals surface area contributed by atoms with Gasteiger partial charge in [-0.15, -0.1) is 0 Å². The van der Waals surface area contributed by atoms with Crippen LogP contribution in [0.4, 0.5) is 0 Å². The molecule has 0 saturated carbocycles. The molecule has 2 heteroatoms. The van der Waals surface area contributed by atoms with Crippen molar-refractivity contribution >= 4 is 0 Å². The van der Waals surface area contributed by atoms with Crippen molar-refractivity contribution in [3.63, 3.8) is 0 Å². The minimum absolute atomic E-state index is 0. The molecule has 194 valence electrons. The molecule has 0 fully saturated rings. The average Bonchev–Trinajstić information content (AvgIpc) is 2.82. The molecule has 1 rings (SSSR count). The fourth-order valence-corrected chi connectivity index (χ4v) is 4.87. The van der Waals surface area contributed by atoms with E-state index in [-0.39, 0.29) is 12.4 Å². The number of pyridine rings is 1. The van der Waals surface area contributed by atoms with E-state index < -0.39 is 0 Å². The van der Waals surface area contributed by atoms with Gasteiger partial charge in [0.15, 0.2) is 11.9 Å². The molecule has 0 atom stereocenters. The van der Waals surface area contributed by atoms with Crippen LogP contribution < -0.4 is 17.0 Å². The number of rotatable bonds is 24. The maximum atomic E-state index is 2.53. The maximum Gasteiger partial charge on any atom is 0.181 e. The molecule has 33 heavy (non-hydrogen) atoms. The van der Waals surface area contributed by atoms with Crippen molar-refractivity contribution in [3.8, 4) is 0 Å². The summed E-state index contributed by atoms with van der Waals surface area (Å²) in [5.41, 5.74) is 1.55. The van der Waals surface area contributed by atoms with E-state index in [0.717, 1.165) is 0 Å². The van der Waals surface area contributed by atoms with E-state index in [9.17, 15) is 0 Å². The molecule has 0 aliphatic heterocycles. The first kappa shape index (κ1) is 32.4. The van der Waals surface area contributed by atoms with Crippen molar-refractivity contribution in [1.82, 2.24) is 0 Å². The topological polar surface area (TPSA) is 3.88 Å². The first-order valence-corrected chi connectivity index (χ1v) is 14.9. The van der Waals surface area contributed by atoms with Crippen molar-refractivity contribution in [1.29, 1.82) is 0 Å². The van der Waals surface area contributed by atoms with Gasteiger partial charge >= 0.3 is 0 Å². The van der Waals surface area contributed by atoms with Gasteiger partial charge in [-0.3, -0.25) is 0 Å². The van der Waals surface area contributed by atoms with Crippen LogP contribution >= 0.6 is 0 Å². The van der Waals surface area contributed by atoms with E-state index in [4.69, 9.17) is 0 Å². The SMILES string of the molecule is CCCCCCCCCCCCCCCC[n+]1ccccc1CCCCCCCCCC.[Cl-]. The average molecular weight is 480 g/mol. The lowest BCUT2D eigenvalue weighted by atomic mass is 10.0. The molecule has 1 aromatic heterocycles. The molecule has 0 unspecified atom stereocenters. The summed E-state index contributed by atoms with van der Waals surface area (Å²) in [5, 5.41) is 0. The van der Waals surface area contributed by atoms with Crippen molar-refractivity contribution in [2.45, 2.75) is 168 Å². The lowest BCUT2D eigenvalue weighted by Crippen LogP contribution is -3.00. The van der Waals surface area contributed by atoms with Gasteiger partial charge in [-0.25, -0.2) is 4.57 Å². The predicted molar refractivity (Wildman–Crippen MR) is 143 cm³/mol. The summed E-state index contributed by atoms with van der Waals surface area (Å²) in [6, 6.07) is 6.79.